The molecule has 1 aliphatic heterocycles. The summed E-state index contributed by atoms with van der Waals surface area (Å²) in [6.07, 6.45) is 0.877. The Morgan fingerprint density at radius 2 is 1.65 bits per heavy atom. The van der Waals surface area contributed by atoms with Gasteiger partial charge in [-0.2, -0.15) is 0 Å². The maximum absolute atomic E-state index is 12.4. The quantitative estimate of drug-likeness (QED) is 0.648. The van der Waals surface area contributed by atoms with E-state index in [9.17, 15) is 9.59 Å². The van der Waals surface area contributed by atoms with Gasteiger partial charge in [0.05, 0.1) is 12.2 Å². The Morgan fingerprint density at radius 3 is 2.32 bits per heavy atom. The van der Waals surface area contributed by atoms with Gasteiger partial charge < -0.3 is 10.1 Å². The number of benzene rings is 2. The van der Waals surface area contributed by atoms with Gasteiger partial charge in [-0.15, -0.1) is 0 Å². The van der Waals surface area contributed by atoms with E-state index in [0.29, 0.717) is 12.1 Å². The summed E-state index contributed by atoms with van der Waals surface area (Å²) in [7, 11) is 0. The van der Waals surface area contributed by atoms with Crippen LogP contribution in [-0.2, 0) is 22.6 Å². The number of nitrogens with one attached hydrogen (secondary N) is 1. The number of morpholine rings is 1. The van der Waals surface area contributed by atoms with E-state index < -0.39 is 0 Å². The summed E-state index contributed by atoms with van der Waals surface area (Å²) >= 11 is 0. The summed E-state index contributed by atoms with van der Waals surface area (Å²) in [5.41, 5.74) is 5.26. The number of hydrogen-bond donors (Lipinski definition) is 1. The third kappa shape index (κ3) is 6.74. The van der Waals surface area contributed by atoms with Crippen molar-refractivity contribution in [1.29, 1.82) is 0 Å². The molecule has 0 saturated carbocycles. The molecular weight excluding hydrogens is 388 g/mol. The van der Waals surface area contributed by atoms with Crippen LogP contribution in [0.4, 0.5) is 0 Å². The van der Waals surface area contributed by atoms with Gasteiger partial charge in [0.2, 0.25) is 5.91 Å². The molecule has 31 heavy (non-hydrogen) atoms. The number of carbonyl (C=O) groups excluding carboxylic acids is 2. The number of Topliss-reactive ketones (excluding diaryl/α,β-unsaturated/α-hetero) is 1. The van der Waals surface area contributed by atoms with Gasteiger partial charge in [-0.05, 0) is 56.0 Å². The summed E-state index contributed by atoms with van der Waals surface area (Å²) < 4.78 is 5.83. The second-order valence-electron chi connectivity index (χ2n) is 8.72. The van der Waals surface area contributed by atoms with E-state index in [1.165, 1.54) is 5.56 Å². The molecule has 0 bridgehead atoms. The minimum absolute atomic E-state index is 0.00853. The van der Waals surface area contributed by atoms with Crippen LogP contribution >= 0.6 is 0 Å². The Labute approximate surface area is 185 Å². The maximum Gasteiger partial charge on any atom is 0.220 e. The highest BCUT2D eigenvalue weighted by Crippen LogP contribution is 2.17. The van der Waals surface area contributed by atoms with E-state index in [2.05, 4.69) is 36.2 Å². The molecule has 2 aromatic rings. The van der Waals surface area contributed by atoms with Crippen molar-refractivity contribution in [2.45, 2.75) is 65.8 Å². The molecule has 0 aliphatic carbocycles. The summed E-state index contributed by atoms with van der Waals surface area (Å²) in [6.45, 7) is 11.4. The zero-order valence-corrected chi connectivity index (χ0v) is 19.1. The fourth-order valence-corrected chi connectivity index (χ4v) is 4.11. The molecule has 2 aromatic carbocycles. The topological polar surface area (TPSA) is 58.6 Å². The van der Waals surface area contributed by atoms with Crippen LogP contribution in [0, 0.1) is 13.8 Å². The molecule has 1 saturated heterocycles. The zero-order valence-electron chi connectivity index (χ0n) is 19.1. The summed E-state index contributed by atoms with van der Waals surface area (Å²) in [4.78, 5) is 27.2. The van der Waals surface area contributed by atoms with Crippen LogP contribution < -0.4 is 5.32 Å². The number of carbonyl (C=O) groups is 2. The molecule has 166 valence electrons. The van der Waals surface area contributed by atoms with Crippen molar-refractivity contribution in [3.8, 4) is 0 Å². The predicted octanol–water partition coefficient (Wildman–Crippen LogP) is 4.19. The van der Waals surface area contributed by atoms with E-state index in [0.717, 1.165) is 36.3 Å². The Bertz CT molecular complexity index is 915. The number of amides is 1. The lowest BCUT2D eigenvalue weighted by Gasteiger charge is -2.35. The fraction of sp³-hybridized carbons (Fsp3) is 0.462. The van der Waals surface area contributed by atoms with Crippen LogP contribution in [0.15, 0.2) is 42.5 Å². The molecule has 1 amide bonds. The van der Waals surface area contributed by atoms with Crippen molar-refractivity contribution in [2.75, 3.05) is 13.1 Å². The van der Waals surface area contributed by atoms with Gasteiger partial charge in [0.1, 0.15) is 0 Å². The van der Waals surface area contributed by atoms with Gasteiger partial charge >= 0.3 is 0 Å². The minimum atomic E-state index is -0.0967. The average molecular weight is 423 g/mol. The molecule has 3 rings (SSSR count). The number of aryl methyl sites for hydroxylation is 2. The van der Waals surface area contributed by atoms with Gasteiger partial charge in [0, 0.05) is 44.6 Å². The van der Waals surface area contributed by atoms with E-state index in [1.807, 2.05) is 44.2 Å². The molecule has 2 unspecified atom stereocenters. The largest absolute Gasteiger partial charge is 0.373 e. The zero-order chi connectivity index (χ0) is 22.4. The van der Waals surface area contributed by atoms with E-state index in [1.54, 1.807) is 0 Å². The first-order chi connectivity index (χ1) is 14.8. The van der Waals surface area contributed by atoms with Gasteiger partial charge in [-0.1, -0.05) is 36.4 Å². The fourth-order valence-electron chi connectivity index (χ4n) is 4.11. The van der Waals surface area contributed by atoms with Crippen LogP contribution in [0.1, 0.15) is 59.3 Å². The standard InChI is InChI=1S/C26H34N2O3/c1-18-9-10-22(13-19(18)2)25(29)11-12-26(30)27-14-23-7-5-6-8-24(23)17-28-15-20(3)31-21(4)16-28/h5-10,13,20-21H,11-12,14-17H2,1-4H3,(H,27,30). The third-order valence-electron chi connectivity index (χ3n) is 5.89. The highest BCUT2D eigenvalue weighted by atomic mass is 16.5. The first kappa shape index (κ1) is 23.2. The molecule has 1 N–H and O–H groups in total. The van der Waals surface area contributed by atoms with Crippen molar-refractivity contribution in [3.05, 3.63) is 70.3 Å². The molecule has 1 aliphatic rings. The first-order valence-corrected chi connectivity index (χ1v) is 11.1. The van der Waals surface area contributed by atoms with Crippen molar-refractivity contribution >= 4 is 11.7 Å². The Balaban J connectivity index is 1.51. The lowest BCUT2D eigenvalue weighted by molar-refractivity contribution is -0.121. The smallest absolute Gasteiger partial charge is 0.220 e. The SMILES string of the molecule is Cc1ccc(C(=O)CCC(=O)NCc2ccccc2CN2CC(C)OC(C)C2)cc1C. The summed E-state index contributed by atoms with van der Waals surface area (Å²) in [5, 5.41) is 2.99. The molecule has 0 radical (unpaired) electrons. The number of rotatable bonds is 8. The Kier molecular flexibility index (Phi) is 7.99. The van der Waals surface area contributed by atoms with Gasteiger partial charge in [0.15, 0.2) is 5.78 Å². The van der Waals surface area contributed by atoms with Crippen LogP contribution in [0.5, 0.6) is 0 Å². The third-order valence-corrected chi connectivity index (χ3v) is 5.89. The Morgan fingerprint density at radius 1 is 0.968 bits per heavy atom. The normalized spacial score (nSPS) is 19.2. The molecule has 0 aromatic heterocycles. The number of nitrogens with zero attached hydrogens (tertiary/aromatic N) is 1. The van der Waals surface area contributed by atoms with Crippen LogP contribution in [0.25, 0.3) is 0 Å². The van der Waals surface area contributed by atoms with Crippen LogP contribution in [0.2, 0.25) is 0 Å². The average Bonchev–Trinajstić information content (AvgIpc) is 2.72. The summed E-state index contributed by atoms with van der Waals surface area (Å²) in [6, 6.07) is 13.9. The molecule has 5 heteroatoms. The van der Waals surface area contributed by atoms with E-state index >= 15 is 0 Å². The van der Waals surface area contributed by atoms with Crippen molar-refractivity contribution in [2.24, 2.45) is 0 Å². The first-order valence-electron chi connectivity index (χ1n) is 11.1. The molecule has 2 atom stereocenters. The molecule has 1 fully saturated rings. The molecular formula is C26H34N2O3. The van der Waals surface area contributed by atoms with Gasteiger partial charge in [0.25, 0.3) is 0 Å². The monoisotopic (exact) mass is 422 g/mol. The van der Waals surface area contributed by atoms with Crippen LogP contribution in [-0.4, -0.2) is 41.9 Å². The minimum Gasteiger partial charge on any atom is -0.373 e. The number of ketones is 1. The molecule has 1 heterocycles. The van der Waals surface area contributed by atoms with Crippen LogP contribution in [0.3, 0.4) is 0 Å². The van der Waals surface area contributed by atoms with Crippen molar-refractivity contribution < 1.29 is 14.3 Å². The van der Waals surface area contributed by atoms with Gasteiger partial charge in [-0.3, -0.25) is 14.5 Å². The summed E-state index contributed by atoms with van der Waals surface area (Å²) in [5.74, 6) is -0.0881. The maximum atomic E-state index is 12.4. The van der Waals surface area contributed by atoms with Crippen molar-refractivity contribution in [1.82, 2.24) is 10.2 Å². The predicted molar refractivity (Wildman–Crippen MR) is 123 cm³/mol. The molecule has 5 nitrogen and oxygen atoms in total. The highest BCUT2D eigenvalue weighted by molar-refractivity contribution is 5.98. The van der Waals surface area contributed by atoms with E-state index in [-0.39, 0.29) is 36.7 Å². The highest BCUT2D eigenvalue weighted by Gasteiger charge is 2.22. The lowest BCUT2D eigenvalue weighted by Crippen LogP contribution is -2.45. The van der Waals surface area contributed by atoms with Gasteiger partial charge in [-0.25, -0.2) is 0 Å². The lowest BCUT2D eigenvalue weighted by atomic mass is 10.0. The number of ether oxygens (including phenoxy) is 1. The number of hydrogen-bond acceptors (Lipinski definition) is 4. The molecule has 0 spiro atoms. The van der Waals surface area contributed by atoms with Crippen molar-refractivity contribution in [3.63, 3.8) is 0 Å². The second kappa shape index (κ2) is 10.7. The Hall–Kier alpha value is -2.50. The second-order valence-corrected chi connectivity index (χ2v) is 8.72. The van der Waals surface area contributed by atoms with E-state index in [4.69, 9.17) is 4.74 Å².